The molecule has 1 amide bonds. The summed E-state index contributed by atoms with van der Waals surface area (Å²) in [5.74, 6) is -1.46. The highest BCUT2D eigenvalue weighted by molar-refractivity contribution is 8.00. The Morgan fingerprint density at radius 1 is 1.57 bits per heavy atom. The third-order valence-corrected chi connectivity index (χ3v) is 4.13. The molecule has 0 radical (unpaired) electrons. The molecule has 0 fully saturated rings. The van der Waals surface area contributed by atoms with E-state index in [0.29, 0.717) is 0 Å². The van der Waals surface area contributed by atoms with E-state index >= 15 is 0 Å². The fourth-order valence-electron chi connectivity index (χ4n) is 1.43. The summed E-state index contributed by atoms with van der Waals surface area (Å²) in [5.41, 5.74) is -0.889. The van der Waals surface area contributed by atoms with E-state index in [2.05, 4.69) is 16.4 Å². The third kappa shape index (κ3) is 4.46. The molecule has 2 N–H and O–H groups in total. The Bertz CT molecular complexity index is 583. The van der Waals surface area contributed by atoms with Gasteiger partial charge in [-0.3, -0.25) is 4.79 Å². The zero-order valence-corrected chi connectivity index (χ0v) is 12.9. The number of nitriles is 1. The molecular formula is C14H17N3O3S. The molecule has 0 saturated heterocycles. The monoisotopic (exact) mass is 307 g/mol. The number of carboxylic acid groups (broad SMARTS) is 1. The van der Waals surface area contributed by atoms with Gasteiger partial charge in [-0.25, -0.2) is 9.78 Å². The first kappa shape index (κ1) is 17.0. The molecule has 1 aromatic heterocycles. The van der Waals surface area contributed by atoms with Crippen molar-refractivity contribution in [2.24, 2.45) is 5.92 Å². The van der Waals surface area contributed by atoms with Crippen LogP contribution in [0.25, 0.3) is 0 Å². The molecular weight excluding hydrogens is 290 g/mol. The van der Waals surface area contributed by atoms with Gasteiger partial charge in [0.25, 0.3) is 0 Å². The van der Waals surface area contributed by atoms with Crippen molar-refractivity contribution in [2.75, 3.05) is 5.75 Å². The third-order valence-electron chi connectivity index (χ3n) is 3.13. The summed E-state index contributed by atoms with van der Waals surface area (Å²) in [6.07, 6.45) is 1.47. The number of carbonyl (C=O) groups is 2. The summed E-state index contributed by atoms with van der Waals surface area (Å²) in [6.45, 7) is 5.35. The van der Waals surface area contributed by atoms with Crippen LogP contribution in [-0.4, -0.2) is 33.3 Å². The summed E-state index contributed by atoms with van der Waals surface area (Å²) in [5, 5.41) is 21.1. The van der Waals surface area contributed by atoms with Crippen molar-refractivity contribution in [1.29, 1.82) is 5.26 Å². The van der Waals surface area contributed by atoms with E-state index in [9.17, 15) is 9.59 Å². The fourth-order valence-corrected chi connectivity index (χ4v) is 2.22. The van der Waals surface area contributed by atoms with Crippen LogP contribution in [0.1, 0.15) is 31.1 Å². The van der Waals surface area contributed by atoms with Crippen LogP contribution in [0, 0.1) is 17.2 Å². The Morgan fingerprint density at radius 3 is 2.76 bits per heavy atom. The van der Waals surface area contributed by atoms with Crippen LogP contribution in [0.3, 0.4) is 0 Å². The molecule has 6 nitrogen and oxygen atoms in total. The first-order valence-corrected chi connectivity index (χ1v) is 7.32. The minimum absolute atomic E-state index is 0.00127. The maximum absolute atomic E-state index is 11.9. The van der Waals surface area contributed by atoms with E-state index in [1.807, 2.05) is 13.8 Å². The van der Waals surface area contributed by atoms with Gasteiger partial charge in [0, 0.05) is 6.20 Å². The van der Waals surface area contributed by atoms with Crippen molar-refractivity contribution in [2.45, 2.75) is 31.3 Å². The minimum Gasteiger partial charge on any atom is -0.478 e. The number of hydrogen-bond donors (Lipinski definition) is 2. The van der Waals surface area contributed by atoms with Gasteiger partial charge in [-0.1, -0.05) is 25.6 Å². The van der Waals surface area contributed by atoms with Crippen LogP contribution in [0.15, 0.2) is 23.4 Å². The second-order valence-electron chi connectivity index (χ2n) is 4.97. The van der Waals surface area contributed by atoms with Crippen molar-refractivity contribution in [1.82, 2.24) is 10.3 Å². The van der Waals surface area contributed by atoms with E-state index in [1.54, 1.807) is 6.92 Å². The van der Waals surface area contributed by atoms with Crippen molar-refractivity contribution < 1.29 is 14.7 Å². The molecule has 1 atom stereocenters. The quantitative estimate of drug-likeness (QED) is 0.778. The number of rotatable bonds is 6. The number of carboxylic acids is 1. The molecule has 0 bridgehead atoms. The zero-order chi connectivity index (χ0) is 16.0. The normalized spacial score (nSPS) is 13.3. The minimum atomic E-state index is -1.09. The van der Waals surface area contributed by atoms with Crippen LogP contribution in [0.5, 0.6) is 0 Å². The van der Waals surface area contributed by atoms with E-state index in [1.165, 1.54) is 18.3 Å². The van der Waals surface area contributed by atoms with Crippen molar-refractivity contribution in [3.05, 3.63) is 23.9 Å². The summed E-state index contributed by atoms with van der Waals surface area (Å²) in [4.78, 5) is 26.9. The molecule has 1 aromatic rings. The second-order valence-corrected chi connectivity index (χ2v) is 5.93. The number of nitrogens with zero attached hydrogens (tertiary/aromatic N) is 2. The second kappa shape index (κ2) is 7.09. The van der Waals surface area contributed by atoms with Gasteiger partial charge in [0.05, 0.1) is 17.4 Å². The summed E-state index contributed by atoms with van der Waals surface area (Å²) >= 11 is 1.03. The maximum Gasteiger partial charge on any atom is 0.338 e. The highest BCUT2D eigenvalue weighted by atomic mass is 32.2. The Hall–Kier alpha value is -2.07. The molecule has 1 unspecified atom stereocenters. The molecule has 0 aliphatic carbocycles. The molecule has 21 heavy (non-hydrogen) atoms. The topological polar surface area (TPSA) is 103 Å². The number of nitrogens with one attached hydrogen (secondary N) is 1. The van der Waals surface area contributed by atoms with Gasteiger partial charge < -0.3 is 10.4 Å². The van der Waals surface area contributed by atoms with E-state index in [4.69, 9.17) is 10.4 Å². The number of pyridine rings is 1. The Balaban J connectivity index is 2.71. The van der Waals surface area contributed by atoms with Gasteiger partial charge in [-0.2, -0.15) is 5.26 Å². The van der Waals surface area contributed by atoms with Crippen LogP contribution >= 0.6 is 11.8 Å². The van der Waals surface area contributed by atoms with Gasteiger partial charge in [-0.05, 0) is 25.0 Å². The Labute approximate surface area is 127 Å². The summed E-state index contributed by atoms with van der Waals surface area (Å²) in [7, 11) is 0. The fraction of sp³-hybridized carbons (Fsp3) is 0.429. The Kier molecular flexibility index (Phi) is 5.73. The lowest BCUT2D eigenvalue weighted by Crippen LogP contribution is -2.49. The predicted octanol–water partition coefficient (Wildman–Crippen LogP) is 1.93. The van der Waals surface area contributed by atoms with Crippen LogP contribution in [-0.2, 0) is 4.79 Å². The number of aromatic carboxylic acids is 1. The molecule has 0 aromatic carbocycles. The lowest BCUT2D eigenvalue weighted by atomic mass is 9.90. The molecule has 0 aliphatic heterocycles. The largest absolute Gasteiger partial charge is 0.478 e. The van der Waals surface area contributed by atoms with Gasteiger partial charge in [0.2, 0.25) is 5.91 Å². The molecule has 0 aliphatic rings. The van der Waals surface area contributed by atoms with Crippen LogP contribution in [0.4, 0.5) is 0 Å². The van der Waals surface area contributed by atoms with E-state index < -0.39 is 11.5 Å². The Morgan fingerprint density at radius 2 is 2.24 bits per heavy atom. The standard InChI is InChI=1S/C14H17N3O3S/c1-9(2)14(3,8-15)17-11(18)7-21-12-10(13(19)20)5-4-6-16-12/h4-6,9H,7H2,1-3H3,(H,17,18)(H,19,20). The molecule has 1 rings (SSSR count). The number of amides is 1. The van der Waals surface area contributed by atoms with Gasteiger partial charge in [-0.15, -0.1) is 0 Å². The highest BCUT2D eigenvalue weighted by Crippen LogP contribution is 2.21. The van der Waals surface area contributed by atoms with Crippen LogP contribution < -0.4 is 5.32 Å². The van der Waals surface area contributed by atoms with Crippen molar-refractivity contribution >= 4 is 23.6 Å². The lowest BCUT2D eigenvalue weighted by Gasteiger charge is -2.27. The van der Waals surface area contributed by atoms with Crippen molar-refractivity contribution in [3.8, 4) is 6.07 Å². The number of aromatic nitrogens is 1. The van der Waals surface area contributed by atoms with Gasteiger partial charge in [0.15, 0.2) is 0 Å². The van der Waals surface area contributed by atoms with E-state index in [-0.39, 0.29) is 28.2 Å². The van der Waals surface area contributed by atoms with Gasteiger partial charge in [0.1, 0.15) is 10.6 Å². The lowest BCUT2D eigenvalue weighted by molar-refractivity contribution is -0.120. The van der Waals surface area contributed by atoms with E-state index in [0.717, 1.165) is 11.8 Å². The molecule has 7 heteroatoms. The first-order valence-electron chi connectivity index (χ1n) is 6.33. The highest BCUT2D eigenvalue weighted by Gasteiger charge is 2.30. The van der Waals surface area contributed by atoms with Gasteiger partial charge >= 0.3 is 5.97 Å². The number of carbonyl (C=O) groups excluding carboxylic acids is 1. The number of thioether (sulfide) groups is 1. The maximum atomic E-state index is 11.9. The SMILES string of the molecule is CC(C)C(C)(C#N)NC(=O)CSc1ncccc1C(=O)O. The average Bonchev–Trinajstić information content (AvgIpc) is 2.44. The average molecular weight is 307 g/mol. The molecule has 112 valence electrons. The number of hydrogen-bond acceptors (Lipinski definition) is 5. The predicted molar refractivity (Wildman–Crippen MR) is 78.9 cm³/mol. The summed E-state index contributed by atoms with van der Waals surface area (Å²) in [6, 6.07) is 5.05. The zero-order valence-electron chi connectivity index (χ0n) is 12.1. The summed E-state index contributed by atoms with van der Waals surface area (Å²) < 4.78 is 0. The molecule has 0 spiro atoms. The van der Waals surface area contributed by atoms with Crippen molar-refractivity contribution in [3.63, 3.8) is 0 Å². The first-order chi connectivity index (χ1) is 9.80. The molecule has 1 heterocycles. The van der Waals surface area contributed by atoms with Crippen LogP contribution in [0.2, 0.25) is 0 Å². The molecule has 0 saturated carbocycles. The smallest absolute Gasteiger partial charge is 0.338 e.